The van der Waals surface area contributed by atoms with E-state index in [0.717, 1.165) is 36.7 Å². The third-order valence-corrected chi connectivity index (χ3v) is 4.45. The molecule has 6 nitrogen and oxygen atoms in total. The van der Waals surface area contributed by atoms with Crippen molar-refractivity contribution in [1.82, 2.24) is 20.1 Å². The number of amides is 1. The van der Waals surface area contributed by atoms with E-state index in [1.807, 2.05) is 56.0 Å². The van der Waals surface area contributed by atoms with Gasteiger partial charge in [0.2, 0.25) is 5.91 Å². The molecule has 128 valence electrons. The first-order chi connectivity index (χ1) is 11.5. The lowest BCUT2D eigenvalue weighted by Gasteiger charge is -2.37. The van der Waals surface area contributed by atoms with Gasteiger partial charge in [0.25, 0.3) is 0 Å². The lowest BCUT2D eigenvalue weighted by atomic mass is 9.94. The molecule has 6 heteroatoms. The van der Waals surface area contributed by atoms with Crippen molar-refractivity contribution in [3.8, 4) is 0 Å². The zero-order valence-electron chi connectivity index (χ0n) is 14.5. The largest absolute Gasteiger partial charge is 0.372 e. The van der Waals surface area contributed by atoms with Gasteiger partial charge >= 0.3 is 0 Å². The summed E-state index contributed by atoms with van der Waals surface area (Å²) in [7, 11) is 0. The standard InChI is InChI=1S/C18H25N5O/c1-13-19-16(22-21-13)14-8-7-11-23(12-14)17(24)18(2,3)20-15-9-5-4-6-10-15/h4-6,9-10,14,20H,7-8,11-12H2,1-3H3,(H,19,21,22)/t14-/m1/s1. The van der Waals surface area contributed by atoms with Crippen LogP contribution in [0.3, 0.4) is 0 Å². The molecule has 1 aromatic heterocycles. The molecule has 24 heavy (non-hydrogen) atoms. The molecule has 1 saturated heterocycles. The quantitative estimate of drug-likeness (QED) is 0.905. The zero-order chi connectivity index (χ0) is 17.2. The van der Waals surface area contributed by atoms with Crippen LogP contribution in [0.5, 0.6) is 0 Å². The van der Waals surface area contributed by atoms with Gasteiger partial charge in [0, 0.05) is 24.7 Å². The number of hydrogen-bond acceptors (Lipinski definition) is 4. The third kappa shape index (κ3) is 3.58. The number of piperidine rings is 1. The van der Waals surface area contributed by atoms with Crippen molar-refractivity contribution < 1.29 is 4.79 Å². The zero-order valence-corrected chi connectivity index (χ0v) is 14.5. The van der Waals surface area contributed by atoms with Gasteiger partial charge in [0.05, 0.1) is 0 Å². The number of nitrogens with zero attached hydrogens (tertiary/aromatic N) is 3. The Labute approximate surface area is 142 Å². The number of benzene rings is 1. The number of hydrogen-bond donors (Lipinski definition) is 2. The van der Waals surface area contributed by atoms with Gasteiger partial charge in [-0.2, -0.15) is 5.10 Å². The topological polar surface area (TPSA) is 73.9 Å². The van der Waals surface area contributed by atoms with Crippen molar-refractivity contribution in [3.05, 3.63) is 42.0 Å². The van der Waals surface area contributed by atoms with Gasteiger partial charge in [0.15, 0.2) is 5.82 Å². The maximum atomic E-state index is 13.0. The van der Waals surface area contributed by atoms with E-state index in [-0.39, 0.29) is 11.8 Å². The van der Waals surface area contributed by atoms with E-state index in [1.165, 1.54) is 0 Å². The predicted molar refractivity (Wildman–Crippen MR) is 93.8 cm³/mol. The Balaban J connectivity index is 1.69. The van der Waals surface area contributed by atoms with Crippen molar-refractivity contribution >= 4 is 11.6 Å². The first kappa shape index (κ1) is 16.5. The molecule has 0 unspecified atom stereocenters. The summed E-state index contributed by atoms with van der Waals surface area (Å²) in [6, 6.07) is 9.85. The number of nitrogens with one attached hydrogen (secondary N) is 2. The second kappa shape index (κ2) is 6.63. The summed E-state index contributed by atoms with van der Waals surface area (Å²) < 4.78 is 0. The molecular weight excluding hydrogens is 302 g/mol. The number of anilines is 1. The Hall–Kier alpha value is -2.37. The fourth-order valence-electron chi connectivity index (χ4n) is 3.25. The van der Waals surface area contributed by atoms with Gasteiger partial charge in [-0.15, -0.1) is 0 Å². The summed E-state index contributed by atoms with van der Waals surface area (Å²) in [5.41, 5.74) is 0.298. The highest BCUT2D eigenvalue weighted by Crippen LogP contribution is 2.27. The van der Waals surface area contributed by atoms with Gasteiger partial charge < -0.3 is 10.2 Å². The summed E-state index contributed by atoms with van der Waals surface area (Å²) >= 11 is 0. The predicted octanol–water partition coefficient (Wildman–Crippen LogP) is 2.71. The Morgan fingerprint density at radius 3 is 2.75 bits per heavy atom. The van der Waals surface area contributed by atoms with Crippen LogP contribution in [0, 0.1) is 6.92 Å². The molecule has 1 amide bonds. The smallest absolute Gasteiger partial charge is 0.247 e. The highest BCUT2D eigenvalue weighted by molar-refractivity contribution is 5.88. The summed E-state index contributed by atoms with van der Waals surface area (Å²) in [6.07, 6.45) is 2.00. The first-order valence-corrected chi connectivity index (χ1v) is 8.47. The molecule has 0 saturated carbocycles. The monoisotopic (exact) mass is 327 g/mol. The molecular formula is C18H25N5O. The maximum Gasteiger partial charge on any atom is 0.247 e. The van der Waals surface area contributed by atoms with Crippen LogP contribution in [0.25, 0.3) is 0 Å². The Morgan fingerprint density at radius 1 is 1.33 bits per heavy atom. The number of aromatic amines is 1. The summed E-state index contributed by atoms with van der Waals surface area (Å²) in [5, 5.41) is 10.5. The van der Waals surface area contributed by atoms with Crippen molar-refractivity contribution in [2.24, 2.45) is 0 Å². The van der Waals surface area contributed by atoms with Crippen molar-refractivity contribution in [2.45, 2.75) is 45.1 Å². The van der Waals surface area contributed by atoms with Gasteiger partial charge in [-0.05, 0) is 45.7 Å². The van der Waals surface area contributed by atoms with E-state index in [0.29, 0.717) is 6.54 Å². The molecule has 2 heterocycles. The van der Waals surface area contributed by atoms with E-state index in [9.17, 15) is 4.79 Å². The Bertz CT molecular complexity index is 694. The highest BCUT2D eigenvalue weighted by atomic mass is 16.2. The van der Waals surface area contributed by atoms with Crippen LogP contribution in [0.1, 0.15) is 44.3 Å². The van der Waals surface area contributed by atoms with Crippen LogP contribution >= 0.6 is 0 Å². The van der Waals surface area contributed by atoms with E-state index in [4.69, 9.17) is 0 Å². The SMILES string of the molecule is Cc1nc([C@@H]2CCCN(C(=O)C(C)(C)Nc3ccccc3)C2)n[nH]1. The van der Waals surface area contributed by atoms with Gasteiger partial charge in [0.1, 0.15) is 11.4 Å². The van der Waals surface area contributed by atoms with Crippen molar-refractivity contribution in [3.63, 3.8) is 0 Å². The number of aromatic nitrogens is 3. The molecule has 3 rings (SSSR count). The minimum absolute atomic E-state index is 0.114. The molecule has 1 aliphatic rings. The van der Waals surface area contributed by atoms with Gasteiger partial charge in [-0.25, -0.2) is 4.98 Å². The van der Waals surface area contributed by atoms with Crippen LogP contribution in [-0.4, -0.2) is 44.6 Å². The molecule has 1 fully saturated rings. The average molecular weight is 327 g/mol. The number of H-pyrrole nitrogens is 1. The molecule has 0 bridgehead atoms. The summed E-state index contributed by atoms with van der Waals surface area (Å²) in [4.78, 5) is 19.4. The first-order valence-electron chi connectivity index (χ1n) is 8.47. The van der Waals surface area contributed by atoms with Crippen LogP contribution in [0.2, 0.25) is 0 Å². The number of likely N-dealkylation sites (tertiary alicyclic amines) is 1. The average Bonchev–Trinajstić information content (AvgIpc) is 3.01. The number of para-hydroxylation sites is 1. The molecule has 0 aliphatic carbocycles. The number of carbonyl (C=O) groups is 1. The van der Waals surface area contributed by atoms with E-state index in [1.54, 1.807) is 0 Å². The summed E-state index contributed by atoms with van der Waals surface area (Å²) in [6.45, 7) is 7.23. The molecule has 1 aliphatic heterocycles. The van der Waals surface area contributed by atoms with Gasteiger partial charge in [-0.3, -0.25) is 9.89 Å². The van der Waals surface area contributed by atoms with Crippen LogP contribution in [-0.2, 0) is 4.79 Å². The molecule has 0 spiro atoms. The summed E-state index contributed by atoms with van der Waals surface area (Å²) in [5.74, 6) is 1.96. The number of rotatable bonds is 4. The van der Waals surface area contributed by atoms with Gasteiger partial charge in [-0.1, -0.05) is 18.2 Å². The lowest BCUT2D eigenvalue weighted by molar-refractivity contribution is -0.136. The van der Waals surface area contributed by atoms with Crippen LogP contribution < -0.4 is 5.32 Å². The highest BCUT2D eigenvalue weighted by Gasteiger charge is 2.35. The molecule has 1 atom stereocenters. The molecule has 1 aromatic carbocycles. The third-order valence-electron chi connectivity index (χ3n) is 4.45. The second-order valence-electron chi connectivity index (χ2n) is 6.99. The van der Waals surface area contributed by atoms with E-state index in [2.05, 4.69) is 20.5 Å². The van der Waals surface area contributed by atoms with Crippen LogP contribution in [0.15, 0.2) is 30.3 Å². The van der Waals surface area contributed by atoms with E-state index >= 15 is 0 Å². The fourth-order valence-corrected chi connectivity index (χ4v) is 3.25. The Morgan fingerprint density at radius 2 is 2.08 bits per heavy atom. The Kier molecular flexibility index (Phi) is 4.55. The number of carbonyl (C=O) groups excluding carboxylic acids is 1. The van der Waals surface area contributed by atoms with Crippen molar-refractivity contribution in [2.75, 3.05) is 18.4 Å². The van der Waals surface area contributed by atoms with Crippen LogP contribution in [0.4, 0.5) is 5.69 Å². The fraction of sp³-hybridized carbons (Fsp3) is 0.500. The number of aryl methyl sites for hydroxylation is 1. The normalized spacial score (nSPS) is 18.5. The molecule has 2 aromatic rings. The maximum absolute atomic E-state index is 13.0. The minimum Gasteiger partial charge on any atom is -0.372 e. The molecule has 2 N–H and O–H groups in total. The lowest BCUT2D eigenvalue weighted by Crippen LogP contribution is -2.52. The second-order valence-corrected chi connectivity index (χ2v) is 6.99. The molecule has 0 radical (unpaired) electrons. The minimum atomic E-state index is -0.655. The van der Waals surface area contributed by atoms with Crippen molar-refractivity contribution in [1.29, 1.82) is 0 Å². The van der Waals surface area contributed by atoms with E-state index < -0.39 is 5.54 Å².